The number of hydrogen-bond acceptors (Lipinski definition) is 8. The van der Waals surface area contributed by atoms with E-state index in [1.54, 1.807) is 18.2 Å². The van der Waals surface area contributed by atoms with Gasteiger partial charge in [0.2, 0.25) is 10.0 Å². The molecule has 0 saturated carbocycles. The summed E-state index contributed by atoms with van der Waals surface area (Å²) in [6.07, 6.45) is 1.03. The van der Waals surface area contributed by atoms with Crippen LogP contribution in [-0.4, -0.2) is 47.1 Å². The van der Waals surface area contributed by atoms with Crippen LogP contribution in [0.15, 0.2) is 47.0 Å². The molecule has 164 valence electrons. The molecule has 3 rings (SSSR count). The molecule has 1 aromatic heterocycles. The smallest absolute Gasteiger partial charge is 0.277 e. The zero-order valence-electron chi connectivity index (χ0n) is 17.3. The van der Waals surface area contributed by atoms with E-state index in [9.17, 15) is 13.2 Å². The van der Waals surface area contributed by atoms with Crippen LogP contribution in [0.4, 0.5) is 11.4 Å². The number of rotatable bonds is 8. The molecule has 31 heavy (non-hydrogen) atoms. The fourth-order valence-corrected chi connectivity index (χ4v) is 3.33. The van der Waals surface area contributed by atoms with Crippen LogP contribution in [0, 0.1) is 0 Å². The molecule has 11 heteroatoms. The first-order chi connectivity index (χ1) is 14.7. The fourth-order valence-electron chi connectivity index (χ4n) is 2.76. The van der Waals surface area contributed by atoms with Gasteiger partial charge in [0, 0.05) is 17.8 Å². The number of carbonyl (C=O) groups excluding carboxylic acids is 1. The first-order valence-corrected chi connectivity index (χ1v) is 10.8. The second-order valence-electron chi connectivity index (χ2n) is 6.39. The maximum atomic E-state index is 12.6. The molecular weight excluding hydrogens is 426 g/mol. The summed E-state index contributed by atoms with van der Waals surface area (Å²) in [5, 5.41) is 6.49. The van der Waals surface area contributed by atoms with Gasteiger partial charge in [0.05, 0.1) is 38.8 Å². The Labute approximate surface area is 179 Å². The molecule has 1 amide bonds. The summed E-state index contributed by atoms with van der Waals surface area (Å²) in [6, 6.07) is 11.1. The van der Waals surface area contributed by atoms with Crippen molar-refractivity contribution >= 4 is 27.3 Å². The largest absolute Gasteiger partial charge is 0.497 e. The summed E-state index contributed by atoms with van der Waals surface area (Å²) in [4.78, 5) is 12.6. The number of nitrogens with one attached hydrogen (secondary N) is 2. The van der Waals surface area contributed by atoms with E-state index in [0.29, 0.717) is 28.5 Å². The lowest BCUT2D eigenvalue weighted by atomic mass is 10.1. The molecule has 0 aliphatic carbocycles. The van der Waals surface area contributed by atoms with Crippen LogP contribution in [0.3, 0.4) is 0 Å². The lowest BCUT2D eigenvalue weighted by Gasteiger charge is -2.11. The molecule has 0 aliphatic rings. The molecule has 0 atom stereocenters. The number of aromatic nitrogens is 1. The van der Waals surface area contributed by atoms with E-state index in [1.807, 2.05) is 0 Å². The van der Waals surface area contributed by atoms with E-state index in [2.05, 4.69) is 15.2 Å². The first kappa shape index (κ1) is 22.0. The van der Waals surface area contributed by atoms with E-state index in [1.165, 1.54) is 45.6 Å². The number of ether oxygens (including phenoxy) is 3. The van der Waals surface area contributed by atoms with Crippen LogP contribution in [0.1, 0.15) is 10.5 Å². The van der Waals surface area contributed by atoms with E-state index < -0.39 is 15.9 Å². The van der Waals surface area contributed by atoms with Gasteiger partial charge in [-0.25, -0.2) is 8.42 Å². The van der Waals surface area contributed by atoms with Crippen molar-refractivity contribution in [2.45, 2.75) is 0 Å². The SMILES string of the molecule is COc1ccc(OC)c(-c2cc(C(=O)Nc3ccc(NS(C)(=O)=O)c(OC)c3)no2)c1. The van der Waals surface area contributed by atoms with E-state index in [0.717, 1.165) is 6.26 Å². The van der Waals surface area contributed by atoms with Crippen molar-refractivity contribution in [3.63, 3.8) is 0 Å². The van der Waals surface area contributed by atoms with E-state index >= 15 is 0 Å². The van der Waals surface area contributed by atoms with E-state index in [4.69, 9.17) is 18.7 Å². The first-order valence-electron chi connectivity index (χ1n) is 8.90. The number of hydrogen-bond donors (Lipinski definition) is 2. The maximum absolute atomic E-state index is 12.6. The van der Waals surface area contributed by atoms with Crippen molar-refractivity contribution in [2.75, 3.05) is 37.6 Å². The van der Waals surface area contributed by atoms with Gasteiger partial charge >= 0.3 is 0 Å². The highest BCUT2D eigenvalue weighted by Gasteiger charge is 2.18. The van der Waals surface area contributed by atoms with Crippen LogP contribution in [0.5, 0.6) is 17.2 Å². The minimum absolute atomic E-state index is 0.0391. The monoisotopic (exact) mass is 447 g/mol. The van der Waals surface area contributed by atoms with Crippen LogP contribution in [-0.2, 0) is 10.0 Å². The van der Waals surface area contributed by atoms with Crippen LogP contribution in [0.2, 0.25) is 0 Å². The van der Waals surface area contributed by atoms with Crippen LogP contribution >= 0.6 is 0 Å². The topological polar surface area (TPSA) is 129 Å². The number of carbonyl (C=O) groups is 1. The van der Waals surface area contributed by atoms with Gasteiger partial charge in [-0.3, -0.25) is 9.52 Å². The van der Waals surface area contributed by atoms with Gasteiger partial charge in [-0.2, -0.15) is 0 Å². The standard InChI is InChI=1S/C20H21N3O7S/c1-27-13-6-8-17(28-2)14(10-13)18-11-16(22-30-18)20(24)21-12-5-7-15(19(9-12)29-3)23-31(4,25)26/h5-11,23H,1-4H3,(H,21,24). The van der Waals surface area contributed by atoms with Crippen molar-refractivity contribution in [1.82, 2.24) is 5.16 Å². The highest BCUT2D eigenvalue weighted by molar-refractivity contribution is 7.92. The molecule has 3 aromatic rings. The second-order valence-corrected chi connectivity index (χ2v) is 8.13. The Hall–Kier alpha value is -3.73. The molecule has 10 nitrogen and oxygen atoms in total. The highest BCUT2D eigenvalue weighted by atomic mass is 32.2. The highest BCUT2D eigenvalue weighted by Crippen LogP contribution is 2.34. The fraction of sp³-hybridized carbons (Fsp3) is 0.200. The molecule has 0 radical (unpaired) electrons. The minimum atomic E-state index is -3.48. The average molecular weight is 447 g/mol. The van der Waals surface area contributed by atoms with Gasteiger partial charge in [-0.1, -0.05) is 5.16 Å². The van der Waals surface area contributed by atoms with Crippen molar-refractivity contribution < 1.29 is 31.9 Å². The Balaban J connectivity index is 1.82. The van der Waals surface area contributed by atoms with Gasteiger partial charge in [-0.15, -0.1) is 0 Å². The Bertz CT molecular complexity index is 1210. The summed E-state index contributed by atoms with van der Waals surface area (Å²) < 4.78 is 46.3. The molecule has 0 saturated heterocycles. The Morgan fingerprint density at radius 1 is 0.968 bits per heavy atom. The Morgan fingerprint density at radius 3 is 2.35 bits per heavy atom. The predicted molar refractivity (Wildman–Crippen MR) is 114 cm³/mol. The normalized spacial score (nSPS) is 11.0. The van der Waals surface area contributed by atoms with Gasteiger partial charge in [0.25, 0.3) is 5.91 Å². The molecule has 0 spiro atoms. The Kier molecular flexibility index (Phi) is 6.35. The molecule has 0 aliphatic heterocycles. The minimum Gasteiger partial charge on any atom is -0.497 e. The molecule has 0 fully saturated rings. The lowest BCUT2D eigenvalue weighted by Crippen LogP contribution is -2.13. The molecule has 2 N–H and O–H groups in total. The molecule has 0 unspecified atom stereocenters. The predicted octanol–water partition coefficient (Wildman–Crippen LogP) is 2.99. The van der Waals surface area contributed by atoms with Crippen molar-refractivity contribution in [2.24, 2.45) is 0 Å². The summed E-state index contributed by atoms with van der Waals surface area (Å²) >= 11 is 0. The van der Waals surface area contributed by atoms with Gasteiger partial charge in [0.1, 0.15) is 17.2 Å². The third kappa shape index (κ3) is 5.25. The number of amides is 1. The number of sulfonamides is 1. The quantitative estimate of drug-likeness (QED) is 0.539. The number of anilines is 2. The zero-order chi connectivity index (χ0) is 22.6. The van der Waals surface area contributed by atoms with Crippen molar-refractivity contribution in [1.29, 1.82) is 0 Å². The number of benzene rings is 2. The van der Waals surface area contributed by atoms with Crippen LogP contribution < -0.4 is 24.2 Å². The van der Waals surface area contributed by atoms with Gasteiger partial charge in [0.15, 0.2) is 11.5 Å². The number of nitrogens with zero attached hydrogens (tertiary/aromatic N) is 1. The summed E-state index contributed by atoms with van der Waals surface area (Å²) in [5.74, 6) is 1.16. The summed E-state index contributed by atoms with van der Waals surface area (Å²) in [6.45, 7) is 0. The average Bonchev–Trinajstić information content (AvgIpc) is 3.23. The summed E-state index contributed by atoms with van der Waals surface area (Å²) in [7, 11) is 0.963. The van der Waals surface area contributed by atoms with Gasteiger partial charge < -0.3 is 24.1 Å². The third-order valence-corrected chi connectivity index (χ3v) is 4.76. The van der Waals surface area contributed by atoms with Crippen LogP contribution in [0.25, 0.3) is 11.3 Å². The number of methoxy groups -OCH3 is 3. The molecular formula is C20H21N3O7S. The van der Waals surface area contributed by atoms with Crippen molar-refractivity contribution in [3.05, 3.63) is 48.2 Å². The molecule has 0 bridgehead atoms. The molecule has 1 heterocycles. The zero-order valence-corrected chi connectivity index (χ0v) is 18.1. The lowest BCUT2D eigenvalue weighted by molar-refractivity contribution is 0.101. The summed E-state index contributed by atoms with van der Waals surface area (Å²) in [5.41, 5.74) is 1.24. The second kappa shape index (κ2) is 8.96. The molecule has 2 aromatic carbocycles. The third-order valence-electron chi connectivity index (χ3n) is 4.17. The van der Waals surface area contributed by atoms with E-state index in [-0.39, 0.29) is 17.1 Å². The maximum Gasteiger partial charge on any atom is 0.277 e. The Morgan fingerprint density at radius 2 is 1.71 bits per heavy atom. The van der Waals surface area contributed by atoms with Gasteiger partial charge in [-0.05, 0) is 30.3 Å². The van der Waals surface area contributed by atoms with Crippen molar-refractivity contribution in [3.8, 4) is 28.6 Å².